The van der Waals surface area contributed by atoms with E-state index in [4.69, 9.17) is 11.6 Å². The molecule has 0 atom stereocenters. The average molecular weight is 373 g/mol. The van der Waals surface area contributed by atoms with Crippen molar-refractivity contribution in [1.82, 2.24) is 4.98 Å². The van der Waals surface area contributed by atoms with Crippen LogP contribution >= 0.6 is 22.9 Å². The molecule has 0 saturated heterocycles. The van der Waals surface area contributed by atoms with Crippen LogP contribution in [0.1, 0.15) is 16.0 Å². The van der Waals surface area contributed by atoms with Crippen molar-refractivity contribution >= 4 is 40.1 Å². The van der Waals surface area contributed by atoms with E-state index in [-0.39, 0.29) is 11.7 Å². The molecule has 0 unspecified atom stereocenters. The SMILES string of the molecule is O=C(/C=C/c1ccc(F)cc1)Nc1ncc(Cc2cccc(Cl)c2)s1. The number of amides is 1. The molecule has 0 aliphatic heterocycles. The Morgan fingerprint density at radius 1 is 1.24 bits per heavy atom. The second-order valence-corrected chi connectivity index (χ2v) is 6.86. The summed E-state index contributed by atoms with van der Waals surface area (Å²) in [5.74, 6) is -0.593. The fourth-order valence-electron chi connectivity index (χ4n) is 2.19. The third-order valence-corrected chi connectivity index (χ3v) is 4.50. The smallest absolute Gasteiger partial charge is 0.250 e. The lowest BCUT2D eigenvalue weighted by Gasteiger charge is -1.99. The maximum atomic E-state index is 12.8. The van der Waals surface area contributed by atoms with Gasteiger partial charge in [-0.15, -0.1) is 11.3 Å². The summed E-state index contributed by atoms with van der Waals surface area (Å²) in [5, 5.41) is 3.95. The van der Waals surface area contributed by atoms with Crippen LogP contribution in [0, 0.1) is 5.82 Å². The van der Waals surface area contributed by atoms with E-state index in [0.29, 0.717) is 16.6 Å². The van der Waals surface area contributed by atoms with Crippen molar-refractivity contribution < 1.29 is 9.18 Å². The molecule has 0 radical (unpaired) electrons. The molecule has 25 heavy (non-hydrogen) atoms. The highest BCUT2D eigenvalue weighted by molar-refractivity contribution is 7.15. The molecular formula is C19H14ClFN2OS. The zero-order valence-corrected chi connectivity index (χ0v) is 14.7. The van der Waals surface area contributed by atoms with Crippen LogP contribution in [0.5, 0.6) is 0 Å². The van der Waals surface area contributed by atoms with Crippen molar-refractivity contribution in [3.8, 4) is 0 Å². The third-order valence-electron chi connectivity index (χ3n) is 3.35. The second kappa shape index (κ2) is 8.05. The lowest BCUT2D eigenvalue weighted by molar-refractivity contribution is -0.111. The Labute approximate surface area is 153 Å². The Kier molecular flexibility index (Phi) is 5.58. The number of hydrogen-bond acceptors (Lipinski definition) is 3. The Balaban J connectivity index is 1.59. The van der Waals surface area contributed by atoms with Crippen LogP contribution in [-0.2, 0) is 11.2 Å². The first-order valence-electron chi connectivity index (χ1n) is 7.52. The van der Waals surface area contributed by atoms with Gasteiger partial charge in [0.05, 0.1) is 0 Å². The van der Waals surface area contributed by atoms with Gasteiger partial charge >= 0.3 is 0 Å². The number of anilines is 1. The molecule has 0 aliphatic carbocycles. The van der Waals surface area contributed by atoms with E-state index >= 15 is 0 Å². The number of halogens is 2. The number of nitrogens with one attached hydrogen (secondary N) is 1. The largest absolute Gasteiger partial charge is 0.298 e. The highest BCUT2D eigenvalue weighted by atomic mass is 35.5. The van der Waals surface area contributed by atoms with E-state index in [1.807, 2.05) is 24.3 Å². The highest BCUT2D eigenvalue weighted by Crippen LogP contribution is 2.22. The molecule has 3 rings (SSSR count). The van der Waals surface area contributed by atoms with Crippen molar-refractivity contribution in [2.45, 2.75) is 6.42 Å². The van der Waals surface area contributed by atoms with E-state index in [1.54, 1.807) is 24.4 Å². The van der Waals surface area contributed by atoms with Gasteiger partial charge in [-0.05, 0) is 41.5 Å². The van der Waals surface area contributed by atoms with E-state index < -0.39 is 0 Å². The van der Waals surface area contributed by atoms with Gasteiger partial charge in [0.1, 0.15) is 5.82 Å². The third kappa shape index (κ3) is 5.24. The fourth-order valence-corrected chi connectivity index (χ4v) is 3.25. The first kappa shape index (κ1) is 17.3. The van der Waals surface area contributed by atoms with Gasteiger partial charge in [0.15, 0.2) is 5.13 Å². The lowest BCUT2D eigenvalue weighted by Crippen LogP contribution is -2.07. The summed E-state index contributed by atoms with van der Waals surface area (Å²) in [6.45, 7) is 0. The molecule has 126 valence electrons. The molecule has 0 fully saturated rings. The number of rotatable bonds is 5. The Bertz CT molecular complexity index is 906. The minimum absolute atomic E-state index is 0.284. The van der Waals surface area contributed by atoms with E-state index in [0.717, 1.165) is 16.0 Å². The summed E-state index contributed by atoms with van der Waals surface area (Å²) < 4.78 is 12.8. The lowest BCUT2D eigenvalue weighted by atomic mass is 10.1. The van der Waals surface area contributed by atoms with Gasteiger partial charge in [0.25, 0.3) is 0 Å². The minimum atomic E-state index is -0.309. The summed E-state index contributed by atoms with van der Waals surface area (Å²) in [7, 11) is 0. The van der Waals surface area contributed by atoms with Crippen LogP contribution in [-0.4, -0.2) is 10.9 Å². The molecular weight excluding hydrogens is 359 g/mol. The summed E-state index contributed by atoms with van der Waals surface area (Å²) >= 11 is 7.40. The topological polar surface area (TPSA) is 42.0 Å². The Morgan fingerprint density at radius 3 is 2.80 bits per heavy atom. The van der Waals surface area contributed by atoms with E-state index in [9.17, 15) is 9.18 Å². The summed E-state index contributed by atoms with van der Waals surface area (Å²) in [6.07, 6.45) is 5.46. The van der Waals surface area contributed by atoms with Gasteiger partial charge in [-0.2, -0.15) is 0 Å². The average Bonchev–Trinajstić information content (AvgIpc) is 3.01. The monoisotopic (exact) mass is 372 g/mol. The van der Waals surface area contributed by atoms with Crippen LogP contribution in [0.4, 0.5) is 9.52 Å². The molecule has 0 aliphatic rings. The Hall–Kier alpha value is -2.50. The van der Waals surface area contributed by atoms with Crippen LogP contribution in [0.3, 0.4) is 0 Å². The van der Waals surface area contributed by atoms with Crippen molar-refractivity contribution in [2.75, 3.05) is 5.32 Å². The molecule has 2 aromatic carbocycles. The second-order valence-electron chi connectivity index (χ2n) is 5.31. The van der Waals surface area contributed by atoms with E-state index in [2.05, 4.69) is 10.3 Å². The molecule has 6 heteroatoms. The van der Waals surface area contributed by atoms with E-state index in [1.165, 1.54) is 29.5 Å². The molecule has 3 aromatic rings. The quantitative estimate of drug-likeness (QED) is 0.627. The number of carbonyl (C=O) groups excluding carboxylic acids is 1. The van der Waals surface area contributed by atoms with Crippen LogP contribution in [0.2, 0.25) is 5.02 Å². The minimum Gasteiger partial charge on any atom is -0.298 e. The normalized spacial score (nSPS) is 11.0. The van der Waals surface area contributed by atoms with Gasteiger partial charge in [-0.3, -0.25) is 10.1 Å². The molecule has 0 spiro atoms. The molecule has 1 aromatic heterocycles. The number of nitrogens with zero attached hydrogens (tertiary/aromatic N) is 1. The maximum Gasteiger partial charge on any atom is 0.250 e. The van der Waals surface area contributed by atoms with Gasteiger partial charge in [0.2, 0.25) is 5.91 Å². The van der Waals surface area contributed by atoms with Gasteiger partial charge < -0.3 is 0 Å². The first-order chi connectivity index (χ1) is 12.1. The highest BCUT2D eigenvalue weighted by Gasteiger charge is 2.06. The zero-order valence-electron chi connectivity index (χ0n) is 13.1. The van der Waals surface area contributed by atoms with Gasteiger partial charge in [-0.1, -0.05) is 35.9 Å². The van der Waals surface area contributed by atoms with Crippen LogP contribution in [0.15, 0.2) is 60.8 Å². The standard InChI is InChI=1S/C19H14ClFN2OS/c20-15-3-1-2-14(10-15)11-17-12-22-19(25-17)23-18(24)9-6-13-4-7-16(21)8-5-13/h1-10,12H,11H2,(H,22,23,24)/b9-6+. The molecule has 1 N–H and O–H groups in total. The van der Waals surface area contributed by atoms with Crippen molar-refractivity contribution in [3.63, 3.8) is 0 Å². The molecule has 1 heterocycles. The van der Waals surface area contributed by atoms with Crippen molar-refractivity contribution in [3.05, 3.63) is 87.6 Å². The molecule has 0 saturated carbocycles. The molecule has 1 amide bonds. The van der Waals surface area contributed by atoms with Crippen LogP contribution in [0.25, 0.3) is 6.08 Å². The maximum absolute atomic E-state index is 12.8. The number of benzene rings is 2. The summed E-state index contributed by atoms with van der Waals surface area (Å²) in [5.41, 5.74) is 1.84. The van der Waals surface area contributed by atoms with Crippen molar-refractivity contribution in [2.24, 2.45) is 0 Å². The molecule has 3 nitrogen and oxygen atoms in total. The number of carbonyl (C=O) groups is 1. The fraction of sp³-hybridized carbons (Fsp3) is 0.0526. The number of aromatic nitrogens is 1. The number of hydrogen-bond donors (Lipinski definition) is 1. The zero-order chi connectivity index (χ0) is 17.6. The predicted molar refractivity (Wildman–Crippen MR) is 100 cm³/mol. The van der Waals surface area contributed by atoms with Gasteiger partial charge in [0, 0.05) is 28.6 Å². The van der Waals surface area contributed by atoms with Crippen molar-refractivity contribution in [1.29, 1.82) is 0 Å². The summed E-state index contributed by atoms with van der Waals surface area (Å²) in [6, 6.07) is 13.5. The van der Waals surface area contributed by atoms with Gasteiger partial charge in [-0.25, -0.2) is 9.37 Å². The predicted octanol–water partition coefficient (Wildman–Crippen LogP) is 5.18. The number of thiazole rings is 1. The first-order valence-corrected chi connectivity index (χ1v) is 8.72. The summed E-state index contributed by atoms with van der Waals surface area (Å²) in [4.78, 5) is 17.2. The Morgan fingerprint density at radius 2 is 2.04 bits per heavy atom. The molecule has 0 bridgehead atoms. The van der Waals surface area contributed by atoms with Crippen LogP contribution < -0.4 is 5.32 Å².